The van der Waals surface area contributed by atoms with Crippen molar-refractivity contribution < 1.29 is 4.79 Å². The van der Waals surface area contributed by atoms with E-state index in [0.717, 1.165) is 25.8 Å². The van der Waals surface area contributed by atoms with Gasteiger partial charge in [-0.1, -0.05) is 24.3 Å². The number of benzene rings is 1. The Labute approximate surface area is 114 Å². The third-order valence-electron chi connectivity index (χ3n) is 3.83. The summed E-state index contributed by atoms with van der Waals surface area (Å²) in [4.78, 5) is 14.0. The molecule has 1 aliphatic heterocycles. The van der Waals surface area contributed by atoms with E-state index >= 15 is 0 Å². The van der Waals surface area contributed by atoms with Crippen LogP contribution in [-0.2, 0) is 11.2 Å². The summed E-state index contributed by atoms with van der Waals surface area (Å²) in [6, 6.07) is 10.5. The zero-order valence-electron chi connectivity index (χ0n) is 11.4. The second-order valence-electron chi connectivity index (χ2n) is 5.23. The van der Waals surface area contributed by atoms with E-state index in [1.807, 2.05) is 17.0 Å². The first-order valence-electron chi connectivity index (χ1n) is 6.92. The molecule has 1 heterocycles. The maximum Gasteiger partial charge on any atom is 0.222 e. The van der Waals surface area contributed by atoms with E-state index in [-0.39, 0.29) is 11.8 Å². The van der Waals surface area contributed by atoms with Crippen LogP contribution in [0.15, 0.2) is 24.3 Å². The molecule has 1 aromatic carbocycles. The van der Waals surface area contributed by atoms with Gasteiger partial charge in [-0.05, 0) is 37.3 Å². The Morgan fingerprint density at radius 3 is 3.00 bits per heavy atom. The molecule has 1 saturated heterocycles. The molecule has 3 nitrogen and oxygen atoms in total. The SMILES string of the molecule is Cc1ccccc1CCC(=O)N1CCCC(C#N)C1. The number of nitriles is 1. The van der Waals surface area contributed by atoms with Gasteiger partial charge in [0.25, 0.3) is 0 Å². The minimum atomic E-state index is 0.0242. The maximum absolute atomic E-state index is 12.2. The number of aryl methyl sites for hydroxylation is 2. The second kappa shape index (κ2) is 6.38. The fourth-order valence-corrected chi connectivity index (χ4v) is 2.60. The number of amides is 1. The molecule has 0 spiro atoms. The molecular weight excluding hydrogens is 236 g/mol. The van der Waals surface area contributed by atoms with Gasteiger partial charge in [-0.15, -0.1) is 0 Å². The lowest BCUT2D eigenvalue weighted by Gasteiger charge is -2.29. The molecule has 0 saturated carbocycles. The van der Waals surface area contributed by atoms with E-state index in [1.54, 1.807) is 0 Å². The van der Waals surface area contributed by atoms with Crippen LogP contribution in [0.2, 0.25) is 0 Å². The number of piperidine rings is 1. The van der Waals surface area contributed by atoms with Gasteiger partial charge in [0.15, 0.2) is 0 Å². The summed E-state index contributed by atoms with van der Waals surface area (Å²) in [7, 11) is 0. The Morgan fingerprint density at radius 1 is 1.47 bits per heavy atom. The number of hydrogen-bond acceptors (Lipinski definition) is 2. The molecule has 1 aromatic rings. The molecule has 1 unspecified atom stereocenters. The van der Waals surface area contributed by atoms with Crippen LogP contribution in [0.3, 0.4) is 0 Å². The topological polar surface area (TPSA) is 44.1 Å². The van der Waals surface area contributed by atoms with Crippen LogP contribution in [0.5, 0.6) is 0 Å². The van der Waals surface area contributed by atoms with Crippen molar-refractivity contribution in [2.75, 3.05) is 13.1 Å². The van der Waals surface area contributed by atoms with Crippen LogP contribution in [-0.4, -0.2) is 23.9 Å². The maximum atomic E-state index is 12.2. The van der Waals surface area contributed by atoms with Crippen molar-refractivity contribution in [2.45, 2.75) is 32.6 Å². The summed E-state index contributed by atoms with van der Waals surface area (Å²) in [5, 5.41) is 8.95. The van der Waals surface area contributed by atoms with Crippen molar-refractivity contribution in [3.8, 4) is 6.07 Å². The highest BCUT2D eigenvalue weighted by Crippen LogP contribution is 2.17. The predicted molar refractivity (Wildman–Crippen MR) is 74.4 cm³/mol. The Bertz CT molecular complexity index is 490. The van der Waals surface area contributed by atoms with Gasteiger partial charge in [-0.2, -0.15) is 5.26 Å². The molecule has 1 amide bonds. The van der Waals surface area contributed by atoms with Crippen molar-refractivity contribution in [3.05, 3.63) is 35.4 Å². The zero-order chi connectivity index (χ0) is 13.7. The van der Waals surface area contributed by atoms with E-state index in [0.29, 0.717) is 13.0 Å². The Kier molecular flexibility index (Phi) is 4.57. The number of carbonyl (C=O) groups excluding carboxylic acids is 1. The molecule has 1 fully saturated rings. The first-order valence-corrected chi connectivity index (χ1v) is 6.92. The molecule has 0 bridgehead atoms. The van der Waals surface area contributed by atoms with E-state index < -0.39 is 0 Å². The largest absolute Gasteiger partial charge is 0.341 e. The Hall–Kier alpha value is -1.82. The van der Waals surface area contributed by atoms with Gasteiger partial charge >= 0.3 is 0 Å². The average Bonchev–Trinajstić information content (AvgIpc) is 2.46. The summed E-state index contributed by atoms with van der Waals surface area (Å²) < 4.78 is 0. The van der Waals surface area contributed by atoms with Crippen LogP contribution in [0.25, 0.3) is 0 Å². The number of rotatable bonds is 3. The van der Waals surface area contributed by atoms with Crippen molar-refractivity contribution in [1.82, 2.24) is 4.90 Å². The third kappa shape index (κ3) is 3.57. The lowest BCUT2D eigenvalue weighted by Crippen LogP contribution is -2.39. The number of nitrogens with zero attached hydrogens (tertiary/aromatic N) is 2. The predicted octanol–water partition coefficient (Wildman–Crippen LogP) is 2.69. The third-order valence-corrected chi connectivity index (χ3v) is 3.83. The summed E-state index contributed by atoms with van der Waals surface area (Å²) in [6.07, 6.45) is 3.22. The van der Waals surface area contributed by atoms with E-state index in [1.165, 1.54) is 11.1 Å². The molecule has 2 rings (SSSR count). The van der Waals surface area contributed by atoms with Crippen molar-refractivity contribution >= 4 is 5.91 Å². The molecule has 19 heavy (non-hydrogen) atoms. The highest BCUT2D eigenvalue weighted by atomic mass is 16.2. The molecular formula is C16H20N2O. The van der Waals surface area contributed by atoms with Gasteiger partial charge in [-0.25, -0.2) is 0 Å². The number of hydrogen-bond donors (Lipinski definition) is 0. The van der Waals surface area contributed by atoms with E-state index in [4.69, 9.17) is 5.26 Å². The van der Waals surface area contributed by atoms with Gasteiger partial charge in [0.1, 0.15) is 0 Å². The molecule has 3 heteroatoms. The van der Waals surface area contributed by atoms with E-state index in [9.17, 15) is 4.79 Å². The van der Waals surface area contributed by atoms with Gasteiger partial charge in [-0.3, -0.25) is 4.79 Å². The van der Waals surface area contributed by atoms with Gasteiger partial charge < -0.3 is 4.90 Å². The fraction of sp³-hybridized carbons (Fsp3) is 0.500. The zero-order valence-corrected chi connectivity index (χ0v) is 11.4. The van der Waals surface area contributed by atoms with Crippen molar-refractivity contribution in [2.24, 2.45) is 5.92 Å². The summed E-state index contributed by atoms with van der Waals surface area (Å²) >= 11 is 0. The van der Waals surface area contributed by atoms with Gasteiger partial charge in [0.05, 0.1) is 12.0 Å². The highest BCUT2D eigenvalue weighted by Gasteiger charge is 2.22. The normalized spacial score (nSPS) is 18.9. The molecule has 0 aliphatic carbocycles. The highest BCUT2D eigenvalue weighted by molar-refractivity contribution is 5.76. The van der Waals surface area contributed by atoms with E-state index in [2.05, 4.69) is 25.1 Å². The monoisotopic (exact) mass is 256 g/mol. The smallest absolute Gasteiger partial charge is 0.222 e. The first kappa shape index (κ1) is 13.6. The van der Waals surface area contributed by atoms with Crippen molar-refractivity contribution in [3.63, 3.8) is 0 Å². The minimum absolute atomic E-state index is 0.0242. The molecule has 0 N–H and O–H groups in total. The lowest BCUT2D eigenvalue weighted by atomic mass is 9.98. The van der Waals surface area contributed by atoms with Crippen LogP contribution in [0.4, 0.5) is 0 Å². The quantitative estimate of drug-likeness (QED) is 0.834. The Morgan fingerprint density at radius 2 is 2.26 bits per heavy atom. The van der Waals surface area contributed by atoms with Gasteiger partial charge in [0.2, 0.25) is 5.91 Å². The lowest BCUT2D eigenvalue weighted by molar-refractivity contribution is -0.132. The average molecular weight is 256 g/mol. The number of likely N-dealkylation sites (tertiary alicyclic amines) is 1. The van der Waals surface area contributed by atoms with Crippen LogP contribution >= 0.6 is 0 Å². The van der Waals surface area contributed by atoms with Gasteiger partial charge in [0, 0.05) is 19.5 Å². The minimum Gasteiger partial charge on any atom is -0.341 e. The molecule has 0 aromatic heterocycles. The number of carbonyl (C=O) groups is 1. The first-order chi connectivity index (χ1) is 9.20. The van der Waals surface area contributed by atoms with Crippen molar-refractivity contribution in [1.29, 1.82) is 5.26 Å². The molecule has 0 radical (unpaired) electrons. The molecule has 1 aliphatic rings. The molecule has 100 valence electrons. The standard InChI is InChI=1S/C16H20N2O/c1-13-5-2-3-7-15(13)8-9-16(19)18-10-4-6-14(11-17)12-18/h2-3,5,7,14H,4,6,8-10,12H2,1H3. The van der Waals surface area contributed by atoms with Crippen LogP contribution < -0.4 is 0 Å². The molecule has 1 atom stereocenters. The summed E-state index contributed by atoms with van der Waals surface area (Å²) in [5.74, 6) is 0.208. The summed E-state index contributed by atoms with van der Waals surface area (Å²) in [5.41, 5.74) is 2.48. The second-order valence-corrected chi connectivity index (χ2v) is 5.23. The Balaban J connectivity index is 1.88. The fourth-order valence-electron chi connectivity index (χ4n) is 2.60. The summed E-state index contributed by atoms with van der Waals surface area (Å²) in [6.45, 7) is 3.50. The van der Waals surface area contributed by atoms with Crippen LogP contribution in [0, 0.1) is 24.2 Å². The van der Waals surface area contributed by atoms with Crippen LogP contribution in [0.1, 0.15) is 30.4 Å².